The van der Waals surface area contributed by atoms with E-state index in [2.05, 4.69) is 20.5 Å². The van der Waals surface area contributed by atoms with Crippen molar-refractivity contribution in [3.05, 3.63) is 18.5 Å². The number of aromatic nitrogens is 1. The van der Waals surface area contributed by atoms with Gasteiger partial charge in [-0.15, -0.1) is 0 Å². The molecule has 1 aromatic heterocycles. The molecule has 2 heterocycles. The topological polar surface area (TPSA) is 107 Å². The standard InChI is InChI=1S/C19H27N5O4S/c1-12-9-24(15-6-7-20-8-13(15)21-11-29)10-14(16(12)23(5)18(26)27)22-17(25)28-19(2,3)4/h6-8,12,14,16H,9-10H2,1-5H3,(H,22,25)(H,26,27)/t12-,14+,16-/m0/s1. The van der Waals surface area contributed by atoms with Crippen molar-refractivity contribution in [3.8, 4) is 0 Å². The second-order valence-corrected chi connectivity index (χ2v) is 8.27. The summed E-state index contributed by atoms with van der Waals surface area (Å²) < 4.78 is 5.38. The van der Waals surface area contributed by atoms with E-state index in [-0.39, 0.29) is 5.92 Å². The maximum Gasteiger partial charge on any atom is 0.408 e. The monoisotopic (exact) mass is 421 g/mol. The van der Waals surface area contributed by atoms with Crippen LogP contribution in [0.1, 0.15) is 27.7 Å². The Balaban J connectivity index is 2.34. The molecule has 0 spiro atoms. The minimum Gasteiger partial charge on any atom is -0.465 e. The molecule has 158 valence electrons. The highest BCUT2D eigenvalue weighted by atomic mass is 32.1. The number of carbonyl (C=O) groups is 2. The fourth-order valence-corrected chi connectivity index (χ4v) is 3.72. The smallest absolute Gasteiger partial charge is 0.408 e. The first-order valence-electron chi connectivity index (χ1n) is 9.25. The third-order valence-corrected chi connectivity index (χ3v) is 4.75. The number of likely N-dealkylation sites (N-methyl/N-ethyl adjacent to an activating group) is 1. The minimum atomic E-state index is -1.05. The summed E-state index contributed by atoms with van der Waals surface area (Å²) in [5, 5.41) is 14.7. The lowest BCUT2D eigenvalue weighted by Gasteiger charge is -2.46. The van der Waals surface area contributed by atoms with Gasteiger partial charge in [0.1, 0.15) is 11.3 Å². The van der Waals surface area contributed by atoms with Crippen LogP contribution < -0.4 is 10.2 Å². The van der Waals surface area contributed by atoms with E-state index >= 15 is 0 Å². The van der Waals surface area contributed by atoms with Crippen molar-refractivity contribution in [2.24, 2.45) is 10.9 Å². The van der Waals surface area contributed by atoms with Gasteiger partial charge in [-0.3, -0.25) is 4.98 Å². The molecule has 0 unspecified atom stereocenters. The molecule has 9 nitrogen and oxygen atoms in total. The van der Waals surface area contributed by atoms with Crippen LogP contribution in [0.15, 0.2) is 23.5 Å². The first kappa shape index (κ1) is 22.6. The number of ether oxygens (including phenoxy) is 1. The summed E-state index contributed by atoms with van der Waals surface area (Å²) in [6.45, 7) is 8.21. The molecule has 2 amide bonds. The van der Waals surface area contributed by atoms with Crippen molar-refractivity contribution < 1.29 is 19.4 Å². The van der Waals surface area contributed by atoms with Gasteiger partial charge in [-0.1, -0.05) is 6.92 Å². The molecule has 1 fully saturated rings. The van der Waals surface area contributed by atoms with E-state index in [1.165, 1.54) is 11.9 Å². The lowest BCUT2D eigenvalue weighted by Crippen LogP contribution is -2.64. The quantitative estimate of drug-likeness (QED) is 0.568. The Morgan fingerprint density at radius 2 is 2.14 bits per heavy atom. The zero-order chi connectivity index (χ0) is 21.8. The van der Waals surface area contributed by atoms with E-state index in [9.17, 15) is 14.7 Å². The van der Waals surface area contributed by atoms with E-state index < -0.39 is 29.9 Å². The van der Waals surface area contributed by atoms with Gasteiger partial charge in [0.2, 0.25) is 0 Å². The van der Waals surface area contributed by atoms with Gasteiger partial charge in [0, 0.05) is 26.3 Å². The molecule has 0 bridgehead atoms. The number of anilines is 1. The number of nitrogens with zero attached hydrogens (tertiary/aromatic N) is 4. The zero-order valence-corrected chi connectivity index (χ0v) is 18.1. The molecule has 2 rings (SSSR count). The number of rotatable bonds is 4. The van der Waals surface area contributed by atoms with Crippen LogP contribution in [0.5, 0.6) is 0 Å². The van der Waals surface area contributed by atoms with Gasteiger partial charge >= 0.3 is 12.2 Å². The summed E-state index contributed by atoms with van der Waals surface area (Å²) in [6.07, 6.45) is 1.59. The molecule has 29 heavy (non-hydrogen) atoms. The first-order chi connectivity index (χ1) is 13.5. The van der Waals surface area contributed by atoms with Crippen molar-refractivity contribution in [1.29, 1.82) is 0 Å². The number of nitrogens with one attached hydrogen (secondary N) is 1. The first-order valence-corrected chi connectivity index (χ1v) is 9.66. The lowest BCUT2D eigenvalue weighted by atomic mass is 9.88. The summed E-state index contributed by atoms with van der Waals surface area (Å²) >= 11 is 4.72. The van der Waals surface area contributed by atoms with Gasteiger partial charge in [-0.05, 0) is 45.0 Å². The number of thiocarbonyl (C=S) groups is 1. The van der Waals surface area contributed by atoms with Crippen LogP contribution in [-0.2, 0) is 4.74 Å². The van der Waals surface area contributed by atoms with Gasteiger partial charge in [0.25, 0.3) is 0 Å². The Labute approximate surface area is 175 Å². The second kappa shape index (κ2) is 9.19. The maximum absolute atomic E-state index is 12.4. The highest BCUT2D eigenvalue weighted by Gasteiger charge is 2.40. The Bertz CT molecular complexity index is 806. The van der Waals surface area contributed by atoms with E-state index in [1.807, 2.05) is 17.9 Å². The zero-order valence-electron chi connectivity index (χ0n) is 17.2. The summed E-state index contributed by atoms with van der Waals surface area (Å²) in [4.78, 5) is 35.4. The van der Waals surface area contributed by atoms with Gasteiger partial charge in [0.05, 0.1) is 29.1 Å². The van der Waals surface area contributed by atoms with Crippen LogP contribution in [0.3, 0.4) is 0 Å². The van der Waals surface area contributed by atoms with Crippen LogP contribution in [0.4, 0.5) is 21.0 Å². The average Bonchev–Trinajstić information content (AvgIpc) is 2.60. The molecule has 3 atom stereocenters. The van der Waals surface area contributed by atoms with Gasteiger partial charge in [-0.25, -0.2) is 9.59 Å². The summed E-state index contributed by atoms with van der Waals surface area (Å²) in [6, 6.07) is 0.895. The van der Waals surface area contributed by atoms with Crippen molar-refractivity contribution in [1.82, 2.24) is 15.2 Å². The molecule has 1 saturated heterocycles. The Hall–Kier alpha value is -2.71. The summed E-state index contributed by atoms with van der Waals surface area (Å²) in [7, 11) is 1.51. The largest absolute Gasteiger partial charge is 0.465 e. The number of pyridine rings is 1. The highest BCUT2D eigenvalue weighted by Crippen LogP contribution is 2.32. The SMILES string of the molecule is C[C@H]1CN(c2ccncc2N=C=S)C[C@@H](NC(=O)OC(C)(C)C)[C@H]1N(C)C(=O)O. The van der Waals surface area contributed by atoms with Gasteiger partial charge < -0.3 is 25.0 Å². The molecule has 1 aliphatic heterocycles. The fourth-order valence-electron chi connectivity index (χ4n) is 3.62. The molecular formula is C19H27N5O4S. The van der Waals surface area contributed by atoms with Crippen molar-refractivity contribution in [2.45, 2.75) is 45.4 Å². The molecule has 0 radical (unpaired) electrons. The Kier molecular flexibility index (Phi) is 7.16. The Morgan fingerprint density at radius 3 is 2.72 bits per heavy atom. The number of piperidine rings is 1. The molecule has 1 aliphatic rings. The number of alkyl carbamates (subject to hydrolysis) is 1. The summed E-state index contributed by atoms with van der Waals surface area (Å²) in [5.41, 5.74) is 0.692. The molecular weight excluding hydrogens is 394 g/mol. The third kappa shape index (κ3) is 5.88. The number of amides is 2. The number of isothiocyanates is 1. The molecule has 2 N–H and O–H groups in total. The summed E-state index contributed by atoms with van der Waals surface area (Å²) in [5.74, 6) is -0.0812. The number of hydrogen-bond donors (Lipinski definition) is 2. The average molecular weight is 422 g/mol. The predicted molar refractivity (Wildman–Crippen MR) is 113 cm³/mol. The third-order valence-electron chi connectivity index (χ3n) is 4.66. The molecule has 0 aromatic carbocycles. The normalized spacial score (nSPS) is 21.7. The number of carboxylic acid groups (broad SMARTS) is 1. The molecule has 10 heteroatoms. The van der Waals surface area contributed by atoms with Crippen molar-refractivity contribution >= 4 is 40.9 Å². The molecule has 0 saturated carbocycles. The van der Waals surface area contributed by atoms with Crippen molar-refractivity contribution in [3.63, 3.8) is 0 Å². The minimum absolute atomic E-state index is 0.0812. The maximum atomic E-state index is 12.4. The number of hydrogen-bond acceptors (Lipinski definition) is 7. The predicted octanol–water partition coefficient (Wildman–Crippen LogP) is 3.14. The van der Waals surface area contributed by atoms with E-state index in [1.54, 1.807) is 33.2 Å². The van der Waals surface area contributed by atoms with Crippen LogP contribution in [-0.4, -0.2) is 70.2 Å². The molecule has 0 aliphatic carbocycles. The molecule has 1 aromatic rings. The van der Waals surface area contributed by atoms with Crippen LogP contribution >= 0.6 is 12.2 Å². The van der Waals surface area contributed by atoms with Gasteiger partial charge in [0.15, 0.2) is 0 Å². The lowest BCUT2D eigenvalue weighted by molar-refractivity contribution is 0.0424. The van der Waals surface area contributed by atoms with Crippen LogP contribution in [0, 0.1) is 5.92 Å². The number of aliphatic imine (C=N–C) groups is 1. The van der Waals surface area contributed by atoms with Crippen LogP contribution in [0.25, 0.3) is 0 Å². The van der Waals surface area contributed by atoms with Crippen molar-refractivity contribution in [2.75, 3.05) is 25.0 Å². The second-order valence-electron chi connectivity index (χ2n) is 8.09. The number of carbonyl (C=O) groups excluding carboxylic acids is 1. The van der Waals surface area contributed by atoms with E-state index in [0.29, 0.717) is 18.8 Å². The highest BCUT2D eigenvalue weighted by molar-refractivity contribution is 7.78. The van der Waals surface area contributed by atoms with E-state index in [4.69, 9.17) is 17.0 Å². The van der Waals surface area contributed by atoms with E-state index in [0.717, 1.165) is 5.69 Å². The Morgan fingerprint density at radius 1 is 1.45 bits per heavy atom. The van der Waals surface area contributed by atoms with Crippen LogP contribution in [0.2, 0.25) is 0 Å². The fraction of sp³-hybridized carbons (Fsp3) is 0.579. The van der Waals surface area contributed by atoms with Gasteiger partial charge in [-0.2, -0.15) is 4.99 Å².